The van der Waals surface area contributed by atoms with Crippen LogP contribution in [0.5, 0.6) is 11.5 Å². The van der Waals surface area contributed by atoms with Gasteiger partial charge in [-0.2, -0.15) is 13.2 Å². The van der Waals surface area contributed by atoms with Crippen LogP contribution in [0.2, 0.25) is 0 Å². The lowest BCUT2D eigenvalue weighted by Gasteiger charge is -2.13. The van der Waals surface area contributed by atoms with Crippen molar-refractivity contribution in [2.45, 2.75) is 25.4 Å². The summed E-state index contributed by atoms with van der Waals surface area (Å²) in [5.74, 6) is -0.664. The van der Waals surface area contributed by atoms with Gasteiger partial charge in [-0.1, -0.05) is 48.5 Å². The summed E-state index contributed by atoms with van der Waals surface area (Å²) in [6.07, 6.45) is -4.61. The number of amides is 2. The van der Waals surface area contributed by atoms with Crippen LogP contribution >= 0.6 is 0 Å². The Morgan fingerprint density at radius 1 is 0.725 bits per heavy atom. The van der Waals surface area contributed by atoms with E-state index in [-0.39, 0.29) is 25.2 Å². The van der Waals surface area contributed by atoms with Crippen LogP contribution < -0.4 is 15.4 Å². The van der Waals surface area contributed by atoms with Gasteiger partial charge in [0, 0.05) is 23.9 Å². The molecular weight excluding hydrogens is 525 g/mol. The van der Waals surface area contributed by atoms with E-state index in [1.54, 1.807) is 24.3 Å². The number of nitrogens with one attached hydrogen (secondary N) is 2. The molecule has 40 heavy (non-hydrogen) atoms. The van der Waals surface area contributed by atoms with Gasteiger partial charge in [0.25, 0.3) is 5.91 Å². The number of benzene rings is 4. The van der Waals surface area contributed by atoms with Gasteiger partial charge < -0.3 is 20.1 Å². The molecular formula is C30H25F3N2O5. The Morgan fingerprint density at radius 3 is 2.20 bits per heavy atom. The van der Waals surface area contributed by atoms with E-state index >= 15 is 0 Å². The molecule has 10 heteroatoms. The van der Waals surface area contributed by atoms with Crippen molar-refractivity contribution in [1.29, 1.82) is 0 Å². The fourth-order valence-corrected chi connectivity index (χ4v) is 3.88. The zero-order valence-electron chi connectivity index (χ0n) is 21.2. The van der Waals surface area contributed by atoms with Crippen LogP contribution in [-0.2, 0) is 25.3 Å². The lowest BCUT2D eigenvalue weighted by Crippen LogP contribution is -2.22. The van der Waals surface area contributed by atoms with E-state index in [4.69, 9.17) is 9.47 Å². The maximum Gasteiger partial charge on any atom is 0.418 e. The predicted octanol–water partition coefficient (Wildman–Crippen LogP) is 6.94. The molecule has 0 spiro atoms. The maximum atomic E-state index is 13.0. The average molecular weight is 551 g/mol. The summed E-state index contributed by atoms with van der Waals surface area (Å²) in [7, 11) is 0. The second-order valence-electron chi connectivity index (χ2n) is 8.76. The predicted molar refractivity (Wildman–Crippen MR) is 144 cm³/mol. The van der Waals surface area contributed by atoms with Gasteiger partial charge in [-0.25, -0.2) is 0 Å². The van der Waals surface area contributed by atoms with E-state index in [9.17, 15) is 27.6 Å². The fraction of sp³-hybridized carbons (Fsp3) is 0.167. The number of alkyl halides is 3. The summed E-state index contributed by atoms with van der Waals surface area (Å²) in [6, 6.07) is 25.0. The SMILES string of the molecule is O=C(CCCC(=O)OCC(=O)Nc1ccccc1C(F)(F)F)Nc1ccc(Oc2cccc3ccccc23)cc1. The van der Waals surface area contributed by atoms with E-state index in [1.807, 2.05) is 42.5 Å². The van der Waals surface area contributed by atoms with E-state index in [0.717, 1.165) is 22.9 Å². The molecule has 0 bridgehead atoms. The zero-order chi connectivity index (χ0) is 28.5. The topological polar surface area (TPSA) is 93.7 Å². The Hall–Kier alpha value is -4.86. The first-order valence-corrected chi connectivity index (χ1v) is 12.4. The van der Waals surface area contributed by atoms with Crippen molar-refractivity contribution in [2.24, 2.45) is 0 Å². The highest BCUT2D eigenvalue weighted by Gasteiger charge is 2.33. The van der Waals surface area contributed by atoms with E-state index in [1.165, 1.54) is 12.1 Å². The van der Waals surface area contributed by atoms with Crippen LogP contribution in [0.25, 0.3) is 10.8 Å². The largest absolute Gasteiger partial charge is 0.457 e. The first kappa shape index (κ1) is 28.2. The van der Waals surface area contributed by atoms with Crippen LogP contribution in [-0.4, -0.2) is 24.4 Å². The third-order valence-electron chi connectivity index (χ3n) is 5.77. The molecule has 2 N–H and O–H groups in total. The molecule has 0 fully saturated rings. The Morgan fingerprint density at radius 2 is 1.43 bits per heavy atom. The minimum Gasteiger partial charge on any atom is -0.457 e. The highest BCUT2D eigenvalue weighted by molar-refractivity contribution is 5.94. The number of hydrogen-bond acceptors (Lipinski definition) is 5. The van der Waals surface area contributed by atoms with Crippen LogP contribution in [0, 0.1) is 0 Å². The molecule has 0 aliphatic rings. The molecule has 0 saturated heterocycles. The van der Waals surface area contributed by atoms with Crippen molar-refractivity contribution < 1.29 is 37.0 Å². The summed E-state index contributed by atoms with van der Waals surface area (Å²) in [5, 5.41) is 6.86. The van der Waals surface area contributed by atoms with Crippen molar-refractivity contribution in [3.63, 3.8) is 0 Å². The molecule has 7 nitrogen and oxygen atoms in total. The molecule has 0 aliphatic carbocycles. The van der Waals surface area contributed by atoms with E-state index in [0.29, 0.717) is 17.2 Å². The summed E-state index contributed by atoms with van der Waals surface area (Å²) in [5.41, 5.74) is -0.887. The van der Waals surface area contributed by atoms with Gasteiger partial charge in [0.2, 0.25) is 5.91 Å². The van der Waals surface area contributed by atoms with Crippen molar-refractivity contribution in [2.75, 3.05) is 17.2 Å². The van der Waals surface area contributed by atoms with Gasteiger partial charge in [-0.05, 0) is 54.3 Å². The molecule has 206 valence electrons. The summed E-state index contributed by atoms with van der Waals surface area (Å²) in [4.78, 5) is 36.1. The minimum atomic E-state index is -4.64. The molecule has 0 heterocycles. The number of hydrogen-bond donors (Lipinski definition) is 2. The molecule has 4 aromatic rings. The third kappa shape index (κ3) is 7.83. The summed E-state index contributed by atoms with van der Waals surface area (Å²) < 4.78 is 49.9. The normalized spacial score (nSPS) is 11.1. The maximum absolute atomic E-state index is 13.0. The molecule has 2 amide bonds. The highest BCUT2D eigenvalue weighted by Crippen LogP contribution is 2.34. The number of rotatable bonds is 10. The van der Waals surface area contributed by atoms with Gasteiger partial charge >= 0.3 is 12.1 Å². The second kappa shape index (κ2) is 12.8. The summed E-state index contributed by atoms with van der Waals surface area (Å²) in [6.45, 7) is -0.746. The number of fused-ring (bicyclic) bond motifs is 1. The summed E-state index contributed by atoms with van der Waals surface area (Å²) >= 11 is 0. The standard InChI is InChI=1S/C30H25F3N2O5/c31-30(32,33)24-10-3-4-11-25(24)35-28(37)19-39-29(38)14-6-13-27(36)34-21-15-17-22(18-16-21)40-26-12-5-8-20-7-1-2-9-23(20)26/h1-5,7-12,15-18H,6,13-14,19H2,(H,34,36)(H,35,37). The van der Waals surface area contributed by atoms with Crippen molar-refractivity contribution in [3.05, 3.63) is 96.6 Å². The van der Waals surface area contributed by atoms with Crippen LogP contribution in [0.3, 0.4) is 0 Å². The lowest BCUT2D eigenvalue weighted by molar-refractivity contribution is -0.147. The van der Waals surface area contributed by atoms with Crippen molar-refractivity contribution >= 4 is 39.9 Å². The number of anilines is 2. The Bertz CT molecular complexity index is 1500. The van der Waals surface area contributed by atoms with Crippen LogP contribution in [0.1, 0.15) is 24.8 Å². The smallest absolute Gasteiger partial charge is 0.418 e. The van der Waals surface area contributed by atoms with Gasteiger partial charge in [-0.3, -0.25) is 14.4 Å². The van der Waals surface area contributed by atoms with E-state index in [2.05, 4.69) is 10.6 Å². The molecule has 0 aromatic heterocycles. The number of carbonyl (C=O) groups is 3. The van der Waals surface area contributed by atoms with Crippen LogP contribution in [0.15, 0.2) is 91.0 Å². The van der Waals surface area contributed by atoms with E-state index < -0.39 is 35.9 Å². The van der Waals surface area contributed by atoms with Crippen molar-refractivity contribution in [1.82, 2.24) is 0 Å². The molecule has 0 atom stereocenters. The average Bonchev–Trinajstić information content (AvgIpc) is 2.93. The molecule has 4 rings (SSSR count). The number of esters is 1. The lowest BCUT2D eigenvalue weighted by atomic mass is 10.1. The fourth-order valence-electron chi connectivity index (χ4n) is 3.88. The monoisotopic (exact) mass is 550 g/mol. The second-order valence-corrected chi connectivity index (χ2v) is 8.76. The Labute approximate surface area is 227 Å². The van der Waals surface area contributed by atoms with Gasteiger partial charge in [0.05, 0.1) is 11.3 Å². The van der Waals surface area contributed by atoms with Gasteiger partial charge in [-0.15, -0.1) is 0 Å². The quantitative estimate of drug-likeness (QED) is 0.209. The van der Waals surface area contributed by atoms with Gasteiger partial charge in [0.15, 0.2) is 6.61 Å². The molecule has 0 radical (unpaired) electrons. The number of carbonyl (C=O) groups excluding carboxylic acids is 3. The first-order valence-electron chi connectivity index (χ1n) is 12.4. The molecule has 0 unspecified atom stereocenters. The Kier molecular flexibility index (Phi) is 9.00. The third-order valence-corrected chi connectivity index (χ3v) is 5.77. The number of para-hydroxylation sites is 1. The van der Waals surface area contributed by atoms with Crippen molar-refractivity contribution in [3.8, 4) is 11.5 Å². The Balaban J connectivity index is 1.17. The highest BCUT2D eigenvalue weighted by atomic mass is 19.4. The van der Waals surface area contributed by atoms with Crippen LogP contribution in [0.4, 0.5) is 24.5 Å². The number of halogens is 3. The molecule has 0 saturated carbocycles. The number of ether oxygens (including phenoxy) is 2. The molecule has 4 aromatic carbocycles. The minimum absolute atomic E-state index is 0.0223. The zero-order valence-corrected chi connectivity index (χ0v) is 21.2. The molecule has 0 aliphatic heterocycles. The first-order chi connectivity index (χ1) is 19.2. The van der Waals surface area contributed by atoms with Gasteiger partial charge in [0.1, 0.15) is 11.5 Å².